The summed E-state index contributed by atoms with van der Waals surface area (Å²) in [6, 6.07) is 8.61. The smallest absolute Gasteiger partial charge is 0.274 e. The molecule has 0 bridgehead atoms. The summed E-state index contributed by atoms with van der Waals surface area (Å²) in [5.41, 5.74) is 6.29. The lowest BCUT2D eigenvalue weighted by Crippen LogP contribution is -1.94. The van der Waals surface area contributed by atoms with Crippen LogP contribution in [0.5, 0.6) is 0 Å². The van der Waals surface area contributed by atoms with E-state index in [4.69, 9.17) is 5.73 Å². The van der Waals surface area contributed by atoms with Gasteiger partial charge >= 0.3 is 0 Å². The Morgan fingerprint density at radius 3 is 2.79 bits per heavy atom. The lowest BCUT2D eigenvalue weighted by Gasteiger charge is -2.04. The van der Waals surface area contributed by atoms with E-state index in [1.807, 2.05) is 6.07 Å². The van der Waals surface area contributed by atoms with Crippen LogP contribution in [0.4, 0.5) is 11.5 Å². The highest BCUT2D eigenvalue weighted by Gasteiger charge is 2.14. The summed E-state index contributed by atoms with van der Waals surface area (Å²) in [4.78, 5) is 15.5. The zero-order valence-corrected chi connectivity index (χ0v) is 12.1. The molecule has 0 unspecified atom stereocenters. The van der Waals surface area contributed by atoms with Crippen LogP contribution in [-0.4, -0.2) is 9.91 Å². The van der Waals surface area contributed by atoms with E-state index in [-0.39, 0.29) is 10.6 Å². The van der Waals surface area contributed by atoms with Crippen molar-refractivity contribution < 1.29 is 4.92 Å². The number of nitro groups is 1. The fourth-order valence-corrected chi connectivity index (χ4v) is 2.67. The second kappa shape index (κ2) is 6.03. The summed E-state index contributed by atoms with van der Waals surface area (Å²) in [6.45, 7) is 0. The topological polar surface area (TPSA) is 82.0 Å². The van der Waals surface area contributed by atoms with Crippen molar-refractivity contribution >= 4 is 39.2 Å². The largest absolute Gasteiger partial charge is 0.384 e. The fraction of sp³-hybridized carbons (Fsp3) is 0.0833. The van der Waals surface area contributed by atoms with Crippen LogP contribution in [0.25, 0.3) is 0 Å². The van der Waals surface area contributed by atoms with E-state index in [1.54, 1.807) is 24.4 Å². The Balaban J connectivity index is 2.15. The maximum atomic E-state index is 11.0. The third-order valence-electron chi connectivity index (χ3n) is 2.40. The highest BCUT2D eigenvalue weighted by molar-refractivity contribution is 9.10. The predicted molar refractivity (Wildman–Crippen MR) is 79.0 cm³/mol. The normalized spacial score (nSPS) is 10.4. The van der Waals surface area contributed by atoms with Crippen LogP contribution >= 0.6 is 27.7 Å². The molecule has 1 heterocycles. The van der Waals surface area contributed by atoms with Gasteiger partial charge in [0.1, 0.15) is 5.82 Å². The van der Waals surface area contributed by atoms with Crippen molar-refractivity contribution in [1.82, 2.24) is 4.98 Å². The molecule has 0 fully saturated rings. The number of anilines is 1. The molecule has 0 atom stereocenters. The fourth-order valence-electron chi connectivity index (χ4n) is 1.47. The highest BCUT2D eigenvalue weighted by atomic mass is 79.9. The molecule has 1 aromatic carbocycles. The Morgan fingerprint density at radius 1 is 1.37 bits per heavy atom. The minimum Gasteiger partial charge on any atom is -0.384 e. The quantitative estimate of drug-likeness (QED) is 0.522. The zero-order chi connectivity index (χ0) is 13.8. The van der Waals surface area contributed by atoms with Gasteiger partial charge in [0.15, 0.2) is 0 Å². The van der Waals surface area contributed by atoms with Crippen LogP contribution in [0.1, 0.15) is 5.56 Å². The molecule has 0 saturated heterocycles. The molecule has 7 heteroatoms. The molecule has 2 aromatic rings. The Bertz CT molecular complexity index is 604. The number of nitrogens with two attached hydrogens (primary N) is 1. The van der Waals surface area contributed by atoms with Crippen molar-refractivity contribution in [2.75, 3.05) is 5.73 Å². The molecule has 0 aliphatic heterocycles. The average molecular weight is 340 g/mol. The van der Waals surface area contributed by atoms with Gasteiger partial charge in [0.2, 0.25) is 0 Å². The first-order valence-electron chi connectivity index (χ1n) is 5.33. The molecule has 0 aliphatic carbocycles. The Morgan fingerprint density at radius 2 is 2.16 bits per heavy atom. The third kappa shape index (κ3) is 3.68. The lowest BCUT2D eigenvalue weighted by atomic mass is 10.2. The van der Waals surface area contributed by atoms with Gasteiger partial charge < -0.3 is 5.73 Å². The molecule has 0 amide bonds. The first-order chi connectivity index (χ1) is 9.06. The van der Waals surface area contributed by atoms with E-state index >= 15 is 0 Å². The van der Waals surface area contributed by atoms with Crippen LogP contribution in [0.3, 0.4) is 0 Å². The molecular formula is C12H10BrN3O2S. The van der Waals surface area contributed by atoms with E-state index in [1.165, 1.54) is 17.8 Å². The number of halogens is 1. The van der Waals surface area contributed by atoms with Gasteiger partial charge in [0.25, 0.3) is 5.69 Å². The van der Waals surface area contributed by atoms with Crippen LogP contribution in [0.2, 0.25) is 0 Å². The summed E-state index contributed by atoms with van der Waals surface area (Å²) in [5, 5.41) is 11.0. The predicted octanol–water partition coefficient (Wildman–Crippen LogP) is 3.63. The number of pyridine rings is 1. The van der Waals surface area contributed by atoms with Crippen molar-refractivity contribution in [3.05, 3.63) is 56.7 Å². The Kier molecular flexibility index (Phi) is 4.39. The van der Waals surface area contributed by atoms with Crippen molar-refractivity contribution in [2.24, 2.45) is 0 Å². The van der Waals surface area contributed by atoms with Gasteiger partial charge in [0.05, 0.1) is 4.92 Å². The molecule has 0 aliphatic rings. The van der Waals surface area contributed by atoms with Gasteiger partial charge in [-0.15, -0.1) is 11.8 Å². The number of aromatic nitrogens is 1. The monoisotopic (exact) mass is 339 g/mol. The molecule has 0 saturated carbocycles. The molecule has 5 nitrogen and oxygen atoms in total. The second-order valence-corrected chi connectivity index (χ2v) is 5.70. The number of rotatable bonds is 4. The summed E-state index contributed by atoms with van der Waals surface area (Å²) in [7, 11) is 0. The van der Waals surface area contributed by atoms with Crippen molar-refractivity contribution in [3.8, 4) is 0 Å². The molecule has 19 heavy (non-hydrogen) atoms. The summed E-state index contributed by atoms with van der Waals surface area (Å²) in [5.74, 6) is 0.967. The van der Waals surface area contributed by atoms with Gasteiger partial charge in [-0.25, -0.2) is 4.98 Å². The van der Waals surface area contributed by atoms with Crippen molar-refractivity contribution in [2.45, 2.75) is 10.6 Å². The Hall–Kier alpha value is -1.60. The zero-order valence-electron chi connectivity index (χ0n) is 9.75. The number of nitrogen functional groups attached to an aromatic ring is 1. The Labute approximate surface area is 122 Å². The SMILES string of the molecule is Nc1ccc(SCc2ccc(Br)cc2[N+](=O)[O-])cn1. The molecule has 0 spiro atoms. The number of thioether (sulfide) groups is 1. The minimum atomic E-state index is -0.373. The molecule has 2 rings (SSSR count). The van der Waals surface area contributed by atoms with Crippen molar-refractivity contribution in [1.29, 1.82) is 0 Å². The van der Waals surface area contributed by atoms with Crippen molar-refractivity contribution in [3.63, 3.8) is 0 Å². The number of benzene rings is 1. The number of hydrogen-bond donors (Lipinski definition) is 1. The molecule has 1 aromatic heterocycles. The molecule has 0 radical (unpaired) electrons. The maximum absolute atomic E-state index is 11.0. The van der Waals surface area contributed by atoms with E-state index in [9.17, 15) is 10.1 Å². The van der Waals surface area contributed by atoms with Gasteiger partial charge in [0, 0.05) is 32.9 Å². The first-order valence-corrected chi connectivity index (χ1v) is 7.11. The van der Waals surface area contributed by atoms with Crippen LogP contribution in [-0.2, 0) is 5.75 Å². The van der Waals surface area contributed by atoms with Gasteiger partial charge in [-0.2, -0.15) is 0 Å². The summed E-state index contributed by atoms with van der Waals surface area (Å²) < 4.78 is 0.696. The minimum absolute atomic E-state index is 0.116. The van der Waals surface area contributed by atoms with Crippen LogP contribution in [0, 0.1) is 10.1 Å². The van der Waals surface area contributed by atoms with Gasteiger partial charge in [-0.3, -0.25) is 10.1 Å². The first kappa shape index (κ1) is 13.8. The maximum Gasteiger partial charge on any atom is 0.274 e. The van der Waals surface area contributed by atoms with Gasteiger partial charge in [-0.05, 0) is 18.2 Å². The van der Waals surface area contributed by atoms with Crippen LogP contribution in [0.15, 0.2) is 45.9 Å². The molecular weight excluding hydrogens is 330 g/mol. The van der Waals surface area contributed by atoms with E-state index in [0.717, 1.165) is 4.90 Å². The lowest BCUT2D eigenvalue weighted by molar-refractivity contribution is -0.385. The second-order valence-electron chi connectivity index (χ2n) is 3.74. The number of nitro benzene ring substituents is 1. The highest BCUT2D eigenvalue weighted by Crippen LogP contribution is 2.29. The van der Waals surface area contributed by atoms with E-state index in [2.05, 4.69) is 20.9 Å². The van der Waals surface area contributed by atoms with Crippen LogP contribution < -0.4 is 5.73 Å². The number of nitrogens with zero attached hydrogens (tertiary/aromatic N) is 2. The summed E-state index contributed by atoms with van der Waals surface area (Å²) in [6.07, 6.45) is 1.66. The summed E-state index contributed by atoms with van der Waals surface area (Å²) >= 11 is 4.72. The third-order valence-corrected chi connectivity index (χ3v) is 3.92. The number of hydrogen-bond acceptors (Lipinski definition) is 5. The van der Waals surface area contributed by atoms with E-state index in [0.29, 0.717) is 21.6 Å². The standard InChI is InChI=1S/C12H10BrN3O2S/c13-9-2-1-8(11(5-9)16(17)18)7-19-10-3-4-12(14)15-6-10/h1-6H,7H2,(H2,14,15). The molecule has 98 valence electrons. The average Bonchev–Trinajstić information content (AvgIpc) is 2.39. The van der Waals surface area contributed by atoms with Gasteiger partial charge in [-0.1, -0.05) is 22.0 Å². The van der Waals surface area contributed by atoms with E-state index < -0.39 is 0 Å². The molecule has 2 N–H and O–H groups in total.